The lowest BCUT2D eigenvalue weighted by molar-refractivity contribution is 0.0702. The van der Waals surface area contributed by atoms with E-state index in [2.05, 4.69) is 20.8 Å². The quantitative estimate of drug-likeness (QED) is 0.840. The largest absolute Gasteiger partial charge is 0.477 e. The first-order valence-corrected chi connectivity index (χ1v) is 9.47. The first kappa shape index (κ1) is 16.9. The maximum Gasteiger partial charge on any atom is 0.345 e. The molecule has 0 saturated carbocycles. The molecule has 6 nitrogen and oxygen atoms in total. The molecular weight excluding hydrogens is 380 g/mol. The standard InChI is InChI=1S/C12H17BrN2O4S2/c1-14-5-3-8(4-6-14)15(2)21(18,19)10-7-9(12(16)17)20-11(10)13/h7-8H,3-6H2,1-2H3,(H,16,17). The van der Waals surface area contributed by atoms with Gasteiger partial charge in [-0.15, -0.1) is 11.3 Å². The van der Waals surface area contributed by atoms with Crippen molar-refractivity contribution in [3.05, 3.63) is 14.7 Å². The summed E-state index contributed by atoms with van der Waals surface area (Å²) in [7, 11) is -0.106. The minimum atomic E-state index is -3.68. The molecule has 0 atom stereocenters. The van der Waals surface area contributed by atoms with Crippen LogP contribution < -0.4 is 0 Å². The number of carboxylic acid groups (broad SMARTS) is 1. The van der Waals surface area contributed by atoms with Gasteiger partial charge in [-0.25, -0.2) is 13.2 Å². The van der Waals surface area contributed by atoms with E-state index in [1.54, 1.807) is 7.05 Å². The molecule has 1 fully saturated rings. The van der Waals surface area contributed by atoms with Gasteiger partial charge >= 0.3 is 5.97 Å². The molecule has 21 heavy (non-hydrogen) atoms. The van der Waals surface area contributed by atoms with E-state index in [1.165, 1.54) is 10.4 Å². The average Bonchev–Trinajstić information content (AvgIpc) is 2.82. The second kappa shape index (κ2) is 6.33. The molecule has 0 radical (unpaired) electrons. The lowest BCUT2D eigenvalue weighted by Gasteiger charge is -2.34. The highest BCUT2D eigenvalue weighted by Crippen LogP contribution is 2.34. The Hall–Kier alpha value is -0.480. The zero-order valence-corrected chi connectivity index (χ0v) is 15.0. The van der Waals surface area contributed by atoms with Crippen LogP contribution in [0.3, 0.4) is 0 Å². The van der Waals surface area contributed by atoms with Gasteiger partial charge in [0.25, 0.3) is 0 Å². The number of hydrogen-bond donors (Lipinski definition) is 1. The average molecular weight is 397 g/mol. The molecule has 1 saturated heterocycles. The van der Waals surface area contributed by atoms with E-state index < -0.39 is 16.0 Å². The molecule has 1 aromatic heterocycles. The molecular formula is C12H17BrN2O4S2. The molecule has 0 amide bonds. The van der Waals surface area contributed by atoms with Crippen LogP contribution in [0.1, 0.15) is 22.5 Å². The molecule has 1 aliphatic heterocycles. The number of nitrogens with zero attached hydrogens (tertiary/aromatic N) is 2. The number of aromatic carboxylic acids is 1. The fourth-order valence-electron chi connectivity index (χ4n) is 2.34. The third kappa shape index (κ3) is 3.48. The Bertz CT molecular complexity index is 636. The van der Waals surface area contributed by atoms with Crippen molar-refractivity contribution in [3.63, 3.8) is 0 Å². The lowest BCUT2D eigenvalue weighted by Crippen LogP contribution is -2.44. The van der Waals surface area contributed by atoms with E-state index in [0.29, 0.717) is 3.79 Å². The van der Waals surface area contributed by atoms with E-state index in [1.807, 2.05) is 7.05 Å². The van der Waals surface area contributed by atoms with Gasteiger partial charge in [0, 0.05) is 13.1 Å². The Balaban J connectivity index is 2.27. The van der Waals surface area contributed by atoms with Crippen LogP contribution in [-0.2, 0) is 10.0 Å². The van der Waals surface area contributed by atoms with Gasteiger partial charge in [0.1, 0.15) is 9.77 Å². The summed E-state index contributed by atoms with van der Waals surface area (Å²) in [5, 5.41) is 8.98. The van der Waals surface area contributed by atoms with Crippen LogP contribution in [0.5, 0.6) is 0 Å². The van der Waals surface area contributed by atoms with Crippen molar-refractivity contribution in [2.24, 2.45) is 0 Å². The van der Waals surface area contributed by atoms with Gasteiger partial charge in [0.05, 0.1) is 3.79 Å². The van der Waals surface area contributed by atoms with Gasteiger partial charge in [-0.05, 0) is 55.0 Å². The summed E-state index contributed by atoms with van der Waals surface area (Å²) >= 11 is 4.08. The van der Waals surface area contributed by atoms with Crippen LogP contribution in [0.4, 0.5) is 0 Å². The summed E-state index contributed by atoms with van der Waals surface area (Å²) < 4.78 is 27.0. The summed E-state index contributed by atoms with van der Waals surface area (Å²) in [5.74, 6) is -1.12. The summed E-state index contributed by atoms with van der Waals surface area (Å²) in [5.41, 5.74) is 0. The van der Waals surface area contributed by atoms with Crippen molar-refractivity contribution >= 4 is 43.3 Å². The van der Waals surface area contributed by atoms with Gasteiger partial charge in [-0.2, -0.15) is 4.31 Å². The minimum Gasteiger partial charge on any atom is -0.477 e. The van der Waals surface area contributed by atoms with E-state index in [9.17, 15) is 13.2 Å². The van der Waals surface area contributed by atoms with E-state index in [0.717, 1.165) is 37.3 Å². The van der Waals surface area contributed by atoms with Crippen molar-refractivity contribution in [2.45, 2.75) is 23.8 Å². The predicted octanol–water partition coefficient (Wildman–Crippen LogP) is 1.92. The van der Waals surface area contributed by atoms with Crippen molar-refractivity contribution in [2.75, 3.05) is 27.2 Å². The molecule has 1 N–H and O–H groups in total. The summed E-state index contributed by atoms with van der Waals surface area (Å²) in [4.78, 5) is 13.2. The molecule has 9 heteroatoms. The number of carboxylic acids is 1. The van der Waals surface area contributed by atoms with E-state index in [4.69, 9.17) is 5.11 Å². The number of thiophene rings is 1. The van der Waals surface area contributed by atoms with E-state index >= 15 is 0 Å². The zero-order chi connectivity index (χ0) is 15.8. The minimum absolute atomic E-state index is 0.0113. The SMILES string of the molecule is CN1CCC(N(C)S(=O)(=O)c2cc(C(=O)O)sc2Br)CC1. The third-order valence-electron chi connectivity index (χ3n) is 3.73. The Morgan fingerprint density at radius 2 is 2.05 bits per heavy atom. The first-order valence-electron chi connectivity index (χ1n) is 6.42. The molecule has 118 valence electrons. The highest BCUT2D eigenvalue weighted by Gasteiger charge is 2.33. The second-order valence-electron chi connectivity index (χ2n) is 5.11. The fraction of sp³-hybridized carbons (Fsp3) is 0.583. The maximum absolute atomic E-state index is 12.7. The molecule has 2 rings (SSSR count). The van der Waals surface area contributed by atoms with Gasteiger partial charge in [-0.3, -0.25) is 0 Å². The first-order chi connectivity index (χ1) is 9.73. The molecule has 0 aliphatic carbocycles. The van der Waals surface area contributed by atoms with Crippen molar-refractivity contribution in [1.82, 2.24) is 9.21 Å². The molecule has 2 heterocycles. The predicted molar refractivity (Wildman–Crippen MR) is 84.4 cm³/mol. The number of likely N-dealkylation sites (tertiary alicyclic amines) is 1. The molecule has 1 aromatic rings. The number of piperidine rings is 1. The lowest BCUT2D eigenvalue weighted by atomic mass is 10.1. The van der Waals surface area contributed by atoms with Gasteiger partial charge < -0.3 is 10.0 Å². The van der Waals surface area contributed by atoms with Crippen LogP contribution in [0.25, 0.3) is 0 Å². The maximum atomic E-state index is 12.7. The normalized spacial score (nSPS) is 18.3. The van der Waals surface area contributed by atoms with E-state index in [-0.39, 0.29) is 15.8 Å². The highest BCUT2D eigenvalue weighted by atomic mass is 79.9. The van der Waals surface area contributed by atoms with Crippen LogP contribution in [0, 0.1) is 0 Å². The Morgan fingerprint density at radius 3 is 2.52 bits per heavy atom. The van der Waals surface area contributed by atoms with Gasteiger partial charge in [0.15, 0.2) is 0 Å². The smallest absolute Gasteiger partial charge is 0.345 e. The highest BCUT2D eigenvalue weighted by molar-refractivity contribution is 9.11. The van der Waals surface area contributed by atoms with Crippen LogP contribution in [-0.4, -0.2) is 61.9 Å². The molecule has 0 bridgehead atoms. The van der Waals surface area contributed by atoms with Crippen LogP contribution in [0.2, 0.25) is 0 Å². The van der Waals surface area contributed by atoms with Crippen LogP contribution in [0.15, 0.2) is 14.7 Å². The molecule has 0 spiro atoms. The molecule has 1 aliphatic rings. The monoisotopic (exact) mass is 396 g/mol. The number of sulfonamides is 1. The Labute approximate surface area is 136 Å². The third-order valence-corrected chi connectivity index (χ3v) is 7.88. The fourth-order valence-corrected chi connectivity index (χ4v) is 6.11. The Morgan fingerprint density at radius 1 is 1.48 bits per heavy atom. The zero-order valence-electron chi connectivity index (χ0n) is 11.7. The summed E-state index contributed by atoms with van der Waals surface area (Å²) in [6.07, 6.45) is 1.56. The number of halogens is 1. The second-order valence-corrected chi connectivity index (χ2v) is 9.45. The topological polar surface area (TPSA) is 77.9 Å². The van der Waals surface area contributed by atoms with Crippen molar-refractivity contribution in [3.8, 4) is 0 Å². The molecule has 0 aromatic carbocycles. The summed E-state index contributed by atoms with van der Waals surface area (Å²) in [6.45, 7) is 1.71. The van der Waals surface area contributed by atoms with Crippen molar-refractivity contribution in [1.29, 1.82) is 0 Å². The van der Waals surface area contributed by atoms with Gasteiger partial charge in [0.2, 0.25) is 10.0 Å². The van der Waals surface area contributed by atoms with Crippen LogP contribution >= 0.6 is 27.3 Å². The van der Waals surface area contributed by atoms with Crippen molar-refractivity contribution < 1.29 is 18.3 Å². The molecule has 0 unspecified atom stereocenters. The van der Waals surface area contributed by atoms with Gasteiger partial charge in [-0.1, -0.05) is 0 Å². The Kier molecular flexibility index (Phi) is 5.09. The number of carbonyl (C=O) groups is 1. The number of rotatable bonds is 4. The number of hydrogen-bond acceptors (Lipinski definition) is 5. The summed E-state index contributed by atoms with van der Waals surface area (Å²) in [6, 6.07) is 1.17.